The van der Waals surface area contributed by atoms with Gasteiger partial charge in [-0.15, -0.1) is 0 Å². The number of aryl methyl sites for hydroxylation is 2. The van der Waals surface area contributed by atoms with Gasteiger partial charge in [-0.2, -0.15) is 0 Å². The van der Waals surface area contributed by atoms with Crippen molar-refractivity contribution in [3.8, 4) is 0 Å². The molecule has 1 aliphatic rings. The summed E-state index contributed by atoms with van der Waals surface area (Å²) >= 11 is 0. The molecule has 1 aromatic rings. The number of anilines is 1. The first-order valence-corrected chi connectivity index (χ1v) is 6.38. The molecule has 0 spiro atoms. The summed E-state index contributed by atoms with van der Waals surface area (Å²) in [6, 6.07) is 0. The lowest BCUT2D eigenvalue weighted by atomic mass is 10.2. The molecule has 1 N–H and O–H groups in total. The molecule has 1 atom stereocenters. The van der Waals surface area contributed by atoms with Crippen LogP contribution in [0, 0.1) is 20.8 Å². The van der Waals surface area contributed by atoms with E-state index < -0.39 is 0 Å². The Morgan fingerprint density at radius 2 is 2.11 bits per heavy atom. The molecular formula is C13H20N4O2. The molecule has 19 heavy (non-hydrogen) atoms. The maximum absolute atomic E-state index is 11.3. The van der Waals surface area contributed by atoms with Crippen LogP contribution in [-0.4, -0.2) is 53.6 Å². The van der Waals surface area contributed by atoms with Crippen molar-refractivity contribution >= 4 is 11.7 Å². The predicted molar refractivity (Wildman–Crippen MR) is 72.1 cm³/mol. The Kier molecular flexibility index (Phi) is 3.99. The van der Waals surface area contributed by atoms with Crippen molar-refractivity contribution in [1.82, 2.24) is 14.9 Å². The summed E-state index contributed by atoms with van der Waals surface area (Å²) in [6.07, 6.45) is -0.00215. The summed E-state index contributed by atoms with van der Waals surface area (Å²) in [7, 11) is 1.79. The first-order chi connectivity index (χ1) is 8.97. The lowest BCUT2D eigenvalue weighted by Crippen LogP contribution is -2.46. The number of carbonyl (C=O) groups excluding carboxylic acids is 1. The van der Waals surface area contributed by atoms with Crippen LogP contribution in [0.3, 0.4) is 0 Å². The van der Waals surface area contributed by atoms with Gasteiger partial charge in [0, 0.05) is 31.4 Å². The molecule has 6 nitrogen and oxygen atoms in total. The van der Waals surface area contributed by atoms with E-state index in [0.717, 1.165) is 22.9 Å². The topological polar surface area (TPSA) is 67.4 Å². The van der Waals surface area contributed by atoms with E-state index in [1.165, 1.54) is 0 Å². The number of likely N-dealkylation sites (N-methyl/N-ethyl adjacent to an activating group) is 1. The van der Waals surface area contributed by atoms with Crippen molar-refractivity contribution in [3.63, 3.8) is 0 Å². The number of aromatic nitrogens is 2. The van der Waals surface area contributed by atoms with Crippen LogP contribution in [0.25, 0.3) is 0 Å². The fourth-order valence-electron chi connectivity index (χ4n) is 2.03. The number of hydrogen-bond donors (Lipinski definition) is 1. The molecule has 1 fully saturated rings. The van der Waals surface area contributed by atoms with Crippen molar-refractivity contribution < 1.29 is 9.53 Å². The monoisotopic (exact) mass is 264 g/mol. The Bertz CT molecular complexity index is 490. The Morgan fingerprint density at radius 1 is 1.37 bits per heavy atom. The molecule has 1 saturated heterocycles. The SMILES string of the molecule is Cc1nc(C)c(C)c(NCC2CN(C)C(=O)CO2)n1. The third kappa shape index (κ3) is 3.20. The molecule has 0 bridgehead atoms. The summed E-state index contributed by atoms with van der Waals surface area (Å²) in [6.45, 7) is 7.24. The van der Waals surface area contributed by atoms with Gasteiger partial charge >= 0.3 is 0 Å². The van der Waals surface area contributed by atoms with Crippen LogP contribution in [0.1, 0.15) is 17.1 Å². The minimum Gasteiger partial charge on any atom is -0.367 e. The standard InChI is InChI=1S/C13H20N4O2/c1-8-9(2)15-10(3)16-13(8)14-5-11-6-17(4)12(18)7-19-11/h11H,5-7H2,1-4H3,(H,14,15,16). The molecule has 1 amide bonds. The summed E-state index contributed by atoms with van der Waals surface area (Å²) in [4.78, 5) is 21.7. The van der Waals surface area contributed by atoms with E-state index in [0.29, 0.717) is 13.1 Å². The van der Waals surface area contributed by atoms with Gasteiger partial charge in [-0.25, -0.2) is 9.97 Å². The van der Waals surface area contributed by atoms with E-state index in [4.69, 9.17) is 4.74 Å². The zero-order valence-electron chi connectivity index (χ0n) is 11.9. The van der Waals surface area contributed by atoms with Gasteiger partial charge in [-0.1, -0.05) is 0 Å². The number of rotatable bonds is 3. The lowest BCUT2D eigenvalue weighted by Gasteiger charge is -2.30. The summed E-state index contributed by atoms with van der Waals surface area (Å²) < 4.78 is 5.49. The van der Waals surface area contributed by atoms with E-state index in [1.54, 1.807) is 11.9 Å². The Balaban J connectivity index is 1.98. The maximum atomic E-state index is 11.3. The maximum Gasteiger partial charge on any atom is 0.248 e. The molecule has 1 unspecified atom stereocenters. The third-order valence-corrected chi connectivity index (χ3v) is 3.34. The Hall–Kier alpha value is -1.69. The highest BCUT2D eigenvalue weighted by atomic mass is 16.5. The molecule has 6 heteroatoms. The largest absolute Gasteiger partial charge is 0.367 e. The second kappa shape index (κ2) is 5.52. The summed E-state index contributed by atoms with van der Waals surface area (Å²) in [5, 5.41) is 3.29. The molecule has 0 saturated carbocycles. The minimum absolute atomic E-state index is 0.00215. The van der Waals surface area contributed by atoms with Crippen molar-refractivity contribution in [2.45, 2.75) is 26.9 Å². The molecule has 0 aliphatic carbocycles. The molecule has 0 radical (unpaired) electrons. The van der Waals surface area contributed by atoms with E-state index in [9.17, 15) is 4.79 Å². The highest BCUT2D eigenvalue weighted by Gasteiger charge is 2.23. The van der Waals surface area contributed by atoms with E-state index >= 15 is 0 Å². The second-order valence-electron chi connectivity index (χ2n) is 4.92. The fourth-order valence-corrected chi connectivity index (χ4v) is 2.03. The van der Waals surface area contributed by atoms with Crippen molar-refractivity contribution in [2.24, 2.45) is 0 Å². The van der Waals surface area contributed by atoms with Crippen molar-refractivity contribution in [1.29, 1.82) is 0 Å². The van der Waals surface area contributed by atoms with Crippen LogP contribution in [-0.2, 0) is 9.53 Å². The Labute approximate surface area is 113 Å². The highest BCUT2D eigenvalue weighted by Crippen LogP contribution is 2.15. The van der Waals surface area contributed by atoms with E-state index in [2.05, 4.69) is 15.3 Å². The first-order valence-electron chi connectivity index (χ1n) is 6.38. The van der Waals surface area contributed by atoms with E-state index in [-0.39, 0.29) is 18.6 Å². The molecule has 104 valence electrons. The third-order valence-electron chi connectivity index (χ3n) is 3.34. The van der Waals surface area contributed by atoms with Gasteiger partial charge < -0.3 is 15.0 Å². The normalized spacial score (nSPS) is 19.7. The fraction of sp³-hybridized carbons (Fsp3) is 0.615. The number of nitrogens with one attached hydrogen (secondary N) is 1. The molecule has 1 aromatic heterocycles. The molecule has 1 aliphatic heterocycles. The second-order valence-corrected chi connectivity index (χ2v) is 4.92. The van der Waals surface area contributed by atoms with E-state index in [1.807, 2.05) is 20.8 Å². The van der Waals surface area contributed by atoms with Crippen LogP contribution < -0.4 is 5.32 Å². The highest BCUT2D eigenvalue weighted by molar-refractivity contribution is 5.77. The average Bonchev–Trinajstić information content (AvgIpc) is 2.36. The average molecular weight is 264 g/mol. The number of nitrogens with zero attached hydrogens (tertiary/aromatic N) is 3. The molecular weight excluding hydrogens is 244 g/mol. The Morgan fingerprint density at radius 3 is 2.79 bits per heavy atom. The number of hydrogen-bond acceptors (Lipinski definition) is 5. The zero-order chi connectivity index (χ0) is 14.0. The smallest absolute Gasteiger partial charge is 0.248 e. The molecule has 0 aromatic carbocycles. The quantitative estimate of drug-likeness (QED) is 0.869. The zero-order valence-corrected chi connectivity index (χ0v) is 11.9. The van der Waals surface area contributed by atoms with Gasteiger partial charge in [0.05, 0.1) is 6.10 Å². The van der Waals surface area contributed by atoms with Gasteiger partial charge in [0.15, 0.2) is 0 Å². The van der Waals surface area contributed by atoms with Gasteiger partial charge in [0.1, 0.15) is 18.2 Å². The van der Waals surface area contributed by atoms with Gasteiger partial charge in [0.25, 0.3) is 0 Å². The van der Waals surface area contributed by atoms with Crippen LogP contribution in [0.2, 0.25) is 0 Å². The lowest BCUT2D eigenvalue weighted by molar-refractivity contribution is -0.145. The van der Waals surface area contributed by atoms with Crippen LogP contribution in [0.5, 0.6) is 0 Å². The van der Waals surface area contributed by atoms with Crippen LogP contribution in [0.15, 0.2) is 0 Å². The van der Waals surface area contributed by atoms with Gasteiger partial charge in [-0.3, -0.25) is 4.79 Å². The number of amides is 1. The number of ether oxygens (including phenoxy) is 1. The van der Waals surface area contributed by atoms with Crippen LogP contribution in [0.4, 0.5) is 5.82 Å². The van der Waals surface area contributed by atoms with Gasteiger partial charge in [-0.05, 0) is 20.8 Å². The predicted octanol–water partition coefficient (Wildman–Crippen LogP) is 0.671. The summed E-state index contributed by atoms with van der Waals surface area (Å²) in [5.41, 5.74) is 2.03. The minimum atomic E-state index is -0.00215. The molecule has 2 rings (SSSR count). The van der Waals surface area contributed by atoms with Gasteiger partial charge in [0.2, 0.25) is 5.91 Å². The molecule has 2 heterocycles. The first kappa shape index (κ1) is 13.7. The van der Waals surface area contributed by atoms with Crippen LogP contribution >= 0.6 is 0 Å². The number of morpholine rings is 1. The number of carbonyl (C=O) groups is 1. The summed E-state index contributed by atoms with van der Waals surface area (Å²) in [5.74, 6) is 1.62. The van der Waals surface area contributed by atoms with Crippen molar-refractivity contribution in [3.05, 3.63) is 17.1 Å². The van der Waals surface area contributed by atoms with Crippen molar-refractivity contribution in [2.75, 3.05) is 32.1 Å².